The van der Waals surface area contributed by atoms with Crippen molar-refractivity contribution in [3.05, 3.63) is 29.8 Å². The van der Waals surface area contributed by atoms with E-state index in [-0.39, 0.29) is 19.0 Å². The number of carbonyl (C=O) groups excluding carboxylic acids is 1. The molecule has 0 N–H and O–H groups in total. The van der Waals surface area contributed by atoms with Crippen molar-refractivity contribution in [3.8, 4) is 12.1 Å². The highest BCUT2D eigenvalue weighted by Crippen LogP contribution is 2.34. The summed E-state index contributed by atoms with van der Waals surface area (Å²) in [6.07, 6.45) is 1.40. The van der Waals surface area contributed by atoms with Gasteiger partial charge in [-0.15, -0.1) is 0 Å². The Balaban J connectivity index is 2.01. The fourth-order valence-corrected chi connectivity index (χ4v) is 2.84. The first-order chi connectivity index (χ1) is 10.7. The van der Waals surface area contributed by atoms with Crippen LogP contribution >= 0.6 is 0 Å². The molecule has 0 aromatic heterocycles. The summed E-state index contributed by atoms with van der Waals surface area (Å²) in [5.74, 6) is 0.399. The molecule has 0 saturated carbocycles. The Bertz CT molecular complexity index is 598. The average molecular weight is 296 g/mol. The number of anilines is 1. The fourth-order valence-electron chi connectivity index (χ4n) is 2.84. The predicted molar refractivity (Wildman–Crippen MR) is 84.1 cm³/mol. The molecule has 0 unspecified atom stereocenters. The molecule has 1 aromatic carbocycles. The molecule has 0 bridgehead atoms. The Labute approximate surface area is 131 Å². The second kappa shape index (κ2) is 7.47. The van der Waals surface area contributed by atoms with E-state index >= 15 is 0 Å². The van der Waals surface area contributed by atoms with Crippen LogP contribution in [0.3, 0.4) is 0 Å². The maximum absolute atomic E-state index is 12.1. The van der Waals surface area contributed by atoms with E-state index in [1.165, 1.54) is 16.2 Å². The third kappa shape index (κ3) is 3.56. The summed E-state index contributed by atoms with van der Waals surface area (Å²) in [7, 11) is 0. The Hall–Kier alpha value is -2.53. The summed E-state index contributed by atoms with van der Waals surface area (Å²) in [4.78, 5) is 15.7. The van der Waals surface area contributed by atoms with Gasteiger partial charge in [0.2, 0.25) is 5.91 Å². The van der Waals surface area contributed by atoms with Gasteiger partial charge in [0.1, 0.15) is 13.1 Å². The molecule has 1 aromatic rings. The molecule has 0 aliphatic carbocycles. The van der Waals surface area contributed by atoms with Crippen LogP contribution in [-0.2, 0) is 4.79 Å². The number of fused-ring (bicyclic) bond motifs is 1. The Morgan fingerprint density at radius 2 is 2.00 bits per heavy atom. The second-order valence-corrected chi connectivity index (χ2v) is 5.55. The first-order valence-electron chi connectivity index (χ1n) is 7.53. The van der Waals surface area contributed by atoms with Crippen LogP contribution in [0.5, 0.6) is 0 Å². The van der Waals surface area contributed by atoms with E-state index in [4.69, 9.17) is 10.5 Å². The van der Waals surface area contributed by atoms with Crippen molar-refractivity contribution >= 4 is 11.6 Å². The lowest BCUT2D eigenvalue weighted by Crippen LogP contribution is -2.37. The number of hydrogen-bond donors (Lipinski definition) is 0. The molecule has 0 spiro atoms. The van der Waals surface area contributed by atoms with Gasteiger partial charge in [0.05, 0.1) is 12.1 Å². The molecule has 114 valence electrons. The number of hydrogen-bond acceptors (Lipinski definition) is 4. The van der Waals surface area contributed by atoms with Gasteiger partial charge in [-0.2, -0.15) is 10.5 Å². The van der Waals surface area contributed by atoms with Crippen LogP contribution in [0.4, 0.5) is 5.69 Å². The van der Waals surface area contributed by atoms with Crippen molar-refractivity contribution in [1.82, 2.24) is 4.90 Å². The van der Waals surface area contributed by atoms with Gasteiger partial charge >= 0.3 is 0 Å². The number of nitrogens with zero attached hydrogens (tertiary/aromatic N) is 4. The van der Waals surface area contributed by atoms with E-state index < -0.39 is 0 Å². The molecule has 0 saturated heterocycles. The zero-order valence-electron chi connectivity index (χ0n) is 12.8. The number of carbonyl (C=O) groups is 1. The summed E-state index contributed by atoms with van der Waals surface area (Å²) in [5.41, 5.74) is 2.52. The lowest BCUT2D eigenvalue weighted by Gasteiger charge is -2.34. The third-order valence-corrected chi connectivity index (χ3v) is 4.11. The molecule has 1 heterocycles. The van der Waals surface area contributed by atoms with Crippen LogP contribution in [0.25, 0.3) is 0 Å². The second-order valence-electron chi connectivity index (χ2n) is 5.55. The van der Waals surface area contributed by atoms with E-state index in [9.17, 15) is 4.79 Å². The van der Waals surface area contributed by atoms with Crippen LogP contribution in [0.1, 0.15) is 31.2 Å². The van der Waals surface area contributed by atoms with Crippen molar-refractivity contribution in [2.75, 3.05) is 31.1 Å². The van der Waals surface area contributed by atoms with Crippen molar-refractivity contribution in [1.29, 1.82) is 10.5 Å². The van der Waals surface area contributed by atoms with Crippen molar-refractivity contribution < 1.29 is 4.79 Å². The highest BCUT2D eigenvalue weighted by Gasteiger charge is 2.22. The average Bonchev–Trinajstić information content (AvgIpc) is 2.54. The van der Waals surface area contributed by atoms with Crippen molar-refractivity contribution in [2.24, 2.45) is 0 Å². The molecule has 5 nitrogen and oxygen atoms in total. The fraction of sp³-hybridized carbons (Fsp3) is 0.471. The van der Waals surface area contributed by atoms with E-state index in [2.05, 4.69) is 24.0 Å². The van der Waals surface area contributed by atoms with E-state index in [0.29, 0.717) is 18.9 Å². The number of amides is 1. The molecule has 0 radical (unpaired) electrons. The normalized spacial score (nSPS) is 16.3. The molecular formula is C17H20N4O. The zero-order chi connectivity index (χ0) is 15.9. The molecule has 5 heteroatoms. The highest BCUT2D eigenvalue weighted by molar-refractivity contribution is 5.77. The van der Waals surface area contributed by atoms with Gasteiger partial charge in [-0.25, -0.2) is 0 Å². The van der Waals surface area contributed by atoms with Gasteiger partial charge in [-0.1, -0.05) is 25.1 Å². The number of nitriles is 2. The van der Waals surface area contributed by atoms with Gasteiger partial charge in [0, 0.05) is 25.2 Å². The molecule has 1 aliphatic heterocycles. The minimum Gasteiger partial charge on any atom is -0.371 e. The monoisotopic (exact) mass is 296 g/mol. The van der Waals surface area contributed by atoms with E-state index in [1.807, 2.05) is 24.3 Å². The van der Waals surface area contributed by atoms with Crippen LogP contribution in [-0.4, -0.2) is 37.0 Å². The van der Waals surface area contributed by atoms with Gasteiger partial charge in [-0.3, -0.25) is 4.79 Å². The maximum atomic E-state index is 12.1. The zero-order valence-corrected chi connectivity index (χ0v) is 12.8. The van der Waals surface area contributed by atoms with Gasteiger partial charge in [0.15, 0.2) is 0 Å². The molecule has 0 fully saturated rings. The standard InChI is InChI=1S/C17H20N4O/c1-14-6-10-20(16-5-3-2-4-15(14)16)11-7-17(22)21(12-8-18)13-9-19/h2-5,14H,6-7,10-13H2,1H3/t14-/m0/s1. The first kappa shape index (κ1) is 15.9. The van der Waals surface area contributed by atoms with Crippen LogP contribution < -0.4 is 4.90 Å². The first-order valence-corrected chi connectivity index (χ1v) is 7.53. The van der Waals surface area contributed by atoms with E-state index in [0.717, 1.165) is 13.0 Å². The van der Waals surface area contributed by atoms with Gasteiger partial charge < -0.3 is 9.80 Å². The summed E-state index contributed by atoms with van der Waals surface area (Å²) in [6, 6.07) is 12.2. The third-order valence-electron chi connectivity index (χ3n) is 4.11. The lowest BCUT2D eigenvalue weighted by molar-refractivity contribution is -0.129. The quantitative estimate of drug-likeness (QED) is 0.781. The van der Waals surface area contributed by atoms with Gasteiger partial charge in [-0.05, 0) is 24.0 Å². The van der Waals surface area contributed by atoms with Crippen molar-refractivity contribution in [3.63, 3.8) is 0 Å². The largest absolute Gasteiger partial charge is 0.371 e. The molecule has 2 rings (SSSR count). The van der Waals surface area contributed by atoms with Crippen LogP contribution in [0.2, 0.25) is 0 Å². The highest BCUT2D eigenvalue weighted by atomic mass is 16.2. The summed E-state index contributed by atoms with van der Waals surface area (Å²) >= 11 is 0. The van der Waals surface area contributed by atoms with Gasteiger partial charge in [0.25, 0.3) is 0 Å². The predicted octanol–water partition coefficient (Wildman–Crippen LogP) is 2.27. The SMILES string of the molecule is C[C@H]1CCN(CCC(=O)N(CC#N)CC#N)c2ccccc21. The molecule has 1 atom stereocenters. The number of rotatable bonds is 5. The van der Waals surface area contributed by atoms with Crippen LogP contribution in [0, 0.1) is 22.7 Å². The molecule has 22 heavy (non-hydrogen) atoms. The van der Waals surface area contributed by atoms with Crippen LogP contribution in [0.15, 0.2) is 24.3 Å². The number of benzene rings is 1. The smallest absolute Gasteiger partial charge is 0.226 e. The summed E-state index contributed by atoms with van der Waals surface area (Å²) in [5, 5.41) is 17.4. The summed E-state index contributed by atoms with van der Waals surface area (Å²) in [6.45, 7) is 3.72. The lowest BCUT2D eigenvalue weighted by atomic mass is 9.91. The topological polar surface area (TPSA) is 71.1 Å². The molecule has 1 aliphatic rings. The minimum absolute atomic E-state index is 0.0278. The summed E-state index contributed by atoms with van der Waals surface area (Å²) < 4.78 is 0. The molecule has 1 amide bonds. The Morgan fingerprint density at radius 3 is 2.68 bits per heavy atom. The number of para-hydroxylation sites is 1. The maximum Gasteiger partial charge on any atom is 0.226 e. The minimum atomic E-state index is -0.140. The van der Waals surface area contributed by atoms with Crippen molar-refractivity contribution in [2.45, 2.75) is 25.7 Å². The van der Waals surface area contributed by atoms with E-state index in [1.54, 1.807) is 0 Å². The Kier molecular flexibility index (Phi) is 5.38. The molecular weight excluding hydrogens is 276 g/mol. The Morgan fingerprint density at radius 1 is 1.32 bits per heavy atom.